The molecule has 0 spiro atoms. The maximum atomic E-state index is 12.3. The molecule has 0 bridgehead atoms. The summed E-state index contributed by atoms with van der Waals surface area (Å²) >= 11 is 0. The third kappa shape index (κ3) is 1.57. The van der Waals surface area contributed by atoms with Gasteiger partial charge >= 0.3 is 0 Å². The number of allylic oxidation sites excluding steroid dienone is 4. The molecule has 0 amide bonds. The van der Waals surface area contributed by atoms with E-state index in [9.17, 15) is 9.59 Å². The van der Waals surface area contributed by atoms with Crippen molar-refractivity contribution in [3.05, 3.63) is 22.8 Å². The zero-order valence-electron chi connectivity index (χ0n) is 12.2. The maximum absolute atomic E-state index is 12.3. The zero-order valence-corrected chi connectivity index (χ0v) is 12.2. The Morgan fingerprint density at radius 1 is 1.05 bits per heavy atom. The van der Waals surface area contributed by atoms with E-state index >= 15 is 0 Å². The monoisotopic (exact) mass is 270 g/mol. The summed E-state index contributed by atoms with van der Waals surface area (Å²) in [6, 6.07) is 0. The second-order valence-electron chi connectivity index (χ2n) is 7.27. The summed E-state index contributed by atoms with van der Waals surface area (Å²) in [5.74, 6) is 2.01. The average Bonchev–Trinajstić information content (AvgIpc) is 2.74. The van der Waals surface area contributed by atoms with Gasteiger partial charge in [-0.1, -0.05) is 12.5 Å². The van der Waals surface area contributed by atoms with Crippen molar-refractivity contribution in [3.63, 3.8) is 0 Å². The van der Waals surface area contributed by atoms with E-state index in [0.717, 1.165) is 44.9 Å². The number of carbonyl (C=O) groups is 2. The fraction of sp³-hybridized carbons (Fsp3) is 0.667. The van der Waals surface area contributed by atoms with E-state index in [0.29, 0.717) is 29.8 Å². The van der Waals surface area contributed by atoms with Crippen LogP contribution in [-0.2, 0) is 9.59 Å². The summed E-state index contributed by atoms with van der Waals surface area (Å²) in [6.07, 6.45) is 9.76. The molecule has 106 valence electrons. The van der Waals surface area contributed by atoms with Gasteiger partial charge in [0.05, 0.1) is 0 Å². The molecule has 2 nitrogen and oxygen atoms in total. The van der Waals surface area contributed by atoms with Gasteiger partial charge in [0, 0.05) is 18.3 Å². The molecular formula is C18H22O2. The fourth-order valence-electron chi connectivity index (χ4n) is 5.30. The van der Waals surface area contributed by atoms with Crippen LogP contribution in [0.2, 0.25) is 0 Å². The van der Waals surface area contributed by atoms with Crippen molar-refractivity contribution in [2.75, 3.05) is 0 Å². The second-order valence-corrected chi connectivity index (χ2v) is 7.27. The number of hydrogen-bond donors (Lipinski definition) is 0. The molecule has 4 aliphatic carbocycles. The Bertz CT molecular complexity index is 566. The van der Waals surface area contributed by atoms with Crippen LogP contribution in [0.15, 0.2) is 22.8 Å². The number of ketones is 2. The lowest BCUT2D eigenvalue weighted by Crippen LogP contribution is -2.40. The molecule has 2 unspecified atom stereocenters. The van der Waals surface area contributed by atoms with Crippen molar-refractivity contribution in [2.24, 2.45) is 17.3 Å². The lowest BCUT2D eigenvalue weighted by Gasteiger charge is -2.46. The van der Waals surface area contributed by atoms with Crippen molar-refractivity contribution >= 4 is 11.6 Å². The molecule has 0 aliphatic heterocycles. The summed E-state index contributed by atoms with van der Waals surface area (Å²) in [7, 11) is 0. The van der Waals surface area contributed by atoms with Gasteiger partial charge in [-0.25, -0.2) is 0 Å². The van der Waals surface area contributed by atoms with Gasteiger partial charge in [-0.15, -0.1) is 0 Å². The third-order valence-corrected chi connectivity index (χ3v) is 6.44. The van der Waals surface area contributed by atoms with Gasteiger partial charge in [-0.3, -0.25) is 9.59 Å². The lowest BCUT2D eigenvalue weighted by molar-refractivity contribution is -0.128. The highest BCUT2D eigenvalue weighted by atomic mass is 16.1. The maximum Gasteiger partial charge on any atom is 0.156 e. The van der Waals surface area contributed by atoms with Crippen LogP contribution in [0, 0.1) is 17.3 Å². The molecule has 20 heavy (non-hydrogen) atoms. The van der Waals surface area contributed by atoms with E-state index in [-0.39, 0.29) is 5.41 Å². The van der Waals surface area contributed by atoms with Crippen LogP contribution in [0.1, 0.15) is 58.3 Å². The molecular weight excluding hydrogens is 248 g/mol. The minimum absolute atomic E-state index is 0.0412. The Kier molecular flexibility index (Phi) is 2.61. The van der Waals surface area contributed by atoms with Gasteiger partial charge in [0.1, 0.15) is 5.78 Å². The molecule has 4 rings (SSSR count). The first-order valence-corrected chi connectivity index (χ1v) is 8.08. The normalized spacial score (nSPS) is 40.1. The van der Waals surface area contributed by atoms with Crippen LogP contribution in [0.25, 0.3) is 0 Å². The summed E-state index contributed by atoms with van der Waals surface area (Å²) in [6.45, 7) is 2.21. The zero-order chi connectivity index (χ0) is 13.9. The number of Topliss-reactive ketones (excluding diaryl/α,β-unsaturated/α-hetero) is 1. The first-order chi connectivity index (χ1) is 9.59. The van der Waals surface area contributed by atoms with Crippen LogP contribution in [0.5, 0.6) is 0 Å². The number of hydrogen-bond acceptors (Lipinski definition) is 2. The van der Waals surface area contributed by atoms with E-state index in [2.05, 4.69) is 6.92 Å². The predicted molar refractivity (Wildman–Crippen MR) is 77.1 cm³/mol. The molecule has 0 saturated heterocycles. The van der Waals surface area contributed by atoms with E-state index < -0.39 is 0 Å². The molecule has 2 saturated carbocycles. The van der Waals surface area contributed by atoms with Crippen molar-refractivity contribution in [1.82, 2.24) is 0 Å². The van der Waals surface area contributed by atoms with Crippen molar-refractivity contribution in [1.29, 1.82) is 0 Å². The Morgan fingerprint density at radius 3 is 2.75 bits per heavy atom. The first-order valence-electron chi connectivity index (χ1n) is 8.08. The van der Waals surface area contributed by atoms with Crippen LogP contribution in [0.4, 0.5) is 0 Å². The van der Waals surface area contributed by atoms with Crippen LogP contribution < -0.4 is 0 Å². The third-order valence-electron chi connectivity index (χ3n) is 6.44. The minimum Gasteiger partial charge on any atom is -0.299 e. The van der Waals surface area contributed by atoms with E-state index in [1.807, 2.05) is 6.08 Å². The van der Waals surface area contributed by atoms with Crippen molar-refractivity contribution in [2.45, 2.75) is 58.3 Å². The quantitative estimate of drug-likeness (QED) is 0.671. The number of carbonyl (C=O) groups excluding carboxylic acids is 2. The Balaban J connectivity index is 1.76. The van der Waals surface area contributed by atoms with Crippen LogP contribution in [0.3, 0.4) is 0 Å². The molecule has 0 aromatic rings. The molecule has 3 atom stereocenters. The Labute approximate surface area is 120 Å². The average molecular weight is 270 g/mol. The van der Waals surface area contributed by atoms with Gasteiger partial charge in [0.25, 0.3) is 0 Å². The molecule has 2 fully saturated rings. The topological polar surface area (TPSA) is 34.1 Å². The molecule has 0 N–H and O–H groups in total. The lowest BCUT2D eigenvalue weighted by atomic mass is 9.57. The summed E-state index contributed by atoms with van der Waals surface area (Å²) in [4.78, 5) is 23.9. The Morgan fingerprint density at radius 2 is 1.90 bits per heavy atom. The molecule has 0 aromatic heterocycles. The molecule has 0 heterocycles. The molecule has 4 aliphatic rings. The molecule has 2 heteroatoms. The SMILES string of the molecule is C[C@]12CCC3=C4CCC(=O)C=C4CCC3C1CCC2=O. The first kappa shape index (κ1) is 12.6. The number of fused-ring (bicyclic) bond motifs is 4. The summed E-state index contributed by atoms with van der Waals surface area (Å²) in [5.41, 5.74) is 4.40. The second kappa shape index (κ2) is 4.16. The fourth-order valence-corrected chi connectivity index (χ4v) is 5.30. The van der Waals surface area contributed by atoms with E-state index in [1.54, 1.807) is 5.57 Å². The Hall–Kier alpha value is -1.18. The van der Waals surface area contributed by atoms with Gasteiger partial charge in [-0.2, -0.15) is 0 Å². The van der Waals surface area contributed by atoms with Gasteiger partial charge in [0.15, 0.2) is 5.78 Å². The van der Waals surface area contributed by atoms with E-state index in [1.165, 1.54) is 11.1 Å². The smallest absolute Gasteiger partial charge is 0.156 e. The highest BCUT2D eigenvalue weighted by molar-refractivity contribution is 5.93. The highest BCUT2D eigenvalue weighted by Crippen LogP contribution is 2.58. The summed E-state index contributed by atoms with van der Waals surface area (Å²) in [5, 5.41) is 0. The predicted octanol–water partition coefficient (Wildman–Crippen LogP) is 3.76. The minimum atomic E-state index is -0.0412. The largest absolute Gasteiger partial charge is 0.299 e. The molecule has 0 aromatic carbocycles. The molecule has 0 radical (unpaired) electrons. The highest BCUT2D eigenvalue weighted by Gasteiger charge is 2.53. The van der Waals surface area contributed by atoms with Crippen LogP contribution >= 0.6 is 0 Å². The number of rotatable bonds is 0. The summed E-state index contributed by atoms with van der Waals surface area (Å²) < 4.78 is 0. The van der Waals surface area contributed by atoms with Crippen molar-refractivity contribution in [3.8, 4) is 0 Å². The van der Waals surface area contributed by atoms with Gasteiger partial charge in [0.2, 0.25) is 0 Å². The van der Waals surface area contributed by atoms with E-state index in [4.69, 9.17) is 0 Å². The van der Waals surface area contributed by atoms with Crippen LogP contribution in [-0.4, -0.2) is 11.6 Å². The van der Waals surface area contributed by atoms with Gasteiger partial charge in [-0.05, 0) is 67.6 Å². The standard InChI is InChI=1S/C18H22O2/c1-18-9-8-14-13-5-3-12(19)10-11(13)2-4-15(14)16(18)6-7-17(18)20/h10,15-16H,2-9H2,1H3/t15?,16?,18-/m0/s1. The van der Waals surface area contributed by atoms with Crippen molar-refractivity contribution < 1.29 is 9.59 Å². The van der Waals surface area contributed by atoms with Gasteiger partial charge < -0.3 is 0 Å².